The number of amides is 1. The Balaban J connectivity index is 1.85. The second-order valence-electron chi connectivity index (χ2n) is 6.40. The minimum absolute atomic E-state index is 0.271. The van der Waals surface area contributed by atoms with Crippen LogP contribution in [0.3, 0.4) is 0 Å². The van der Waals surface area contributed by atoms with Crippen molar-refractivity contribution in [3.05, 3.63) is 58.9 Å². The van der Waals surface area contributed by atoms with E-state index in [4.69, 9.17) is 18.9 Å². The second kappa shape index (κ2) is 9.66. The quantitative estimate of drug-likeness (QED) is 0.592. The first-order chi connectivity index (χ1) is 15.0. The van der Waals surface area contributed by atoms with E-state index in [1.165, 1.54) is 27.4 Å². The van der Waals surface area contributed by atoms with Crippen LogP contribution >= 0.6 is 0 Å². The Morgan fingerprint density at radius 3 is 2.26 bits per heavy atom. The lowest BCUT2D eigenvalue weighted by Crippen LogP contribution is -2.29. The summed E-state index contributed by atoms with van der Waals surface area (Å²) in [5.74, 6) is 1.77. The molecule has 9 nitrogen and oxygen atoms in total. The largest absolute Gasteiger partial charge is 0.497 e. The maximum Gasteiger partial charge on any atom is 0.267 e. The Bertz CT molecular complexity index is 1140. The average molecular weight is 425 g/mol. The van der Waals surface area contributed by atoms with Gasteiger partial charge in [0, 0.05) is 23.4 Å². The van der Waals surface area contributed by atoms with Crippen LogP contribution in [0, 0.1) is 0 Å². The normalized spacial score (nSPS) is 10.3. The molecular formula is C22H23N3O6. The molecule has 0 spiro atoms. The van der Waals surface area contributed by atoms with Crippen LogP contribution in [0.2, 0.25) is 0 Å². The molecule has 0 aliphatic heterocycles. The standard InChI is InChI=1S/C22H23N3O6/c1-28-15-6-9-18(29-2)16(12-15)17-7-10-22(27)25(24-17)13-21(26)23-14-5-8-19(30-3)20(11-14)31-4/h5-12H,13H2,1-4H3,(H,23,26). The summed E-state index contributed by atoms with van der Waals surface area (Å²) in [4.78, 5) is 24.8. The Morgan fingerprint density at radius 2 is 1.58 bits per heavy atom. The fourth-order valence-corrected chi connectivity index (χ4v) is 2.97. The van der Waals surface area contributed by atoms with Crippen LogP contribution in [-0.2, 0) is 11.3 Å². The number of hydrogen-bond acceptors (Lipinski definition) is 7. The van der Waals surface area contributed by atoms with Crippen LogP contribution in [-0.4, -0.2) is 44.1 Å². The third-order valence-corrected chi connectivity index (χ3v) is 4.51. The molecule has 1 aromatic heterocycles. The number of anilines is 1. The van der Waals surface area contributed by atoms with Crippen molar-refractivity contribution < 1.29 is 23.7 Å². The zero-order valence-electron chi connectivity index (χ0n) is 17.7. The summed E-state index contributed by atoms with van der Waals surface area (Å²) in [6, 6.07) is 13.2. The number of rotatable bonds is 8. The van der Waals surface area contributed by atoms with Crippen LogP contribution in [0.4, 0.5) is 5.69 Å². The lowest BCUT2D eigenvalue weighted by molar-refractivity contribution is -0.117. The van der Waals surface area contributed by atoms with Gasteiger partial charge in [0.25, 0.3) is 5.56 Å². The summed E-state index contributed by atoms with van der Waals surface area (Å²) < 4.78 is 22.2. The highest BCUT2D eigenvalue weighted by molar-refractivity contribution is 5.90. The molecule has 9 heteroatoms. The minimum atomic E-state index is -0.420. The summed E-state index contributed by atoms with van der Waals surface area (Å²) in [7, 11) is 6.13. The number of carbonyl (C=O) groups is 1. The highest BCUT2D eigenvalue weighted by Crippen LogP contribution is 2.32. The van der Waals surface area contributed by atoms with Gasteiger partial charge in [-0.15, -0.1) is 0 Å². The fraction of sp³-hybridized carbons (Fsp3) is 0.227. The van der Waals surface area contributed by atoms with Gasteiger partial charge in [-0.05, 0) is 36.4 Å². The molecule has 0 aliphatic carbocycles. The summed E-state index contributed by atoms with van der Waals surface area (Å²) in [6.45, 7) is -0.271. The molecule has 1 N–H and O–H groups in total. The number of carbonyl (C=O) groups excluding carboxylic acids is 1. The van der Waals surface area contributed by atoms with E-state index in [1.807, 2.05) is 0 Å². The molecule has 3 rings (SSSR count). The molecule has 1 heterocycles. The summed E-state index contributed by atoms with van der Waals surface area (Å²) in [5.41, 5.74) is 1.19. The van der Waals surface area contributed by atoms with Crippen molar-refractivity contribution in [2.45, 2.75) is 6.54 Å². The zero-order chi connectivity index (χ0) is 22.4. The zero-order valence-corrected chi connectivity index (χ0v) is 17.7. The van der Waals surface area contributed by atoms with E-state index in [-0.39, 0.29) is 6.54 Å². The first kappa shape index (κ1) is 21.7. The van der Waals surface area contributed by atoms with Gasteiger partial charge < -0.3 is 24.3 Å². The average Bonchev–Trinajstić information content (AvgIpc) is 2.79. The predicted molar refractivity (Wildman–Crippen MR) is 115 cm³/mol. The van der Waals surface area contributed by atoms with Crippen molar-refractivity contribution in [2.75, 3.05) is 33.8 Å². The smallest absolute Gasteiger partial charge is 0.267 e. The molecule has 0 unspecified atom stereocenters. The molecule has 162 valence electrons. The van der Waals surface area contributed by atoms with Crippen LogP contribution in [0.1, 0.15) is 0 Å². The van der Waals surface area contributed by atoms with Crippen molar-refractivity contribution in [1.29, 1.82) is 0 Å². The van der Waals surface area contributed by atoms with Gasteiger partial charge in [-0.3, -0.25) is 9.59 Å². The third-order valence-electron chi connectivity index (χ3n) is 4.51. The van der Waals surface area contributed by atoms with E-state index in [1.54, 1.807) is 49.6 Å². The van der Waals surface area contributed by atoms with E-state index in [0.29, 0.717) is 39.9 Å². The second-order valence-corrected chi connectivity index (χ2v) is 6.40. The monoisotopic (exact) mass is 425 g/mol. The lowest BCUT2D eigenvalue weighted by Gasteiger charge is -2.12. The molecule has 3 aromatic rings. The summed E-state index contributed by atoms with van der Waals surface area (Å²) in [6.07, 6.45) is 0. The first-order valence-corrected chi connectivity index (χ1v) is 9.31. The van der Waals surface area contributed by atoms with E-state index in [0.717, 1.165) is 4.68 Å². The van der Waals surface area contributed by atoms with Gasteiger partial charge in [-0.1, -0.05) is 0 Å². The summed E-state index contributed by atoms with van der Waals surface area (Å²) in [5, 5.41) is 7.06. The molecule has 0 saturated carbocycles. The van der Waals surface area contributed by atoms with E-state index in [9.17, 15) is 9.59 Å². The minimum Gasteiger partial charge on any atom is -0.497 e. The highest BCUT2D eigenvalue weighted by atomic mass is 16.5. The SMILES string of the molecule is COc1ccc(OC)c(-c2ccc(=O)n(CC(=O)Nc3ccc(OC)c(OC)c3)n2)c1. The number of hydrogen-bond donors (Lipinski definition) is 1. The topological polar surface area (TPSA) is 101 Å². The van der Waals surface area contributed by atoms with Gasteiger partial charge in [-0.25, -0.2) is 4.68 Å². The van der Waals surface area contributed by atoms with Gasteiger partial charge in [0.05, 0.1) is 34.1 Å². The van der Waals surface area contributed by atoms with E-state index >= 15 is 0 Å². The molecule has 0 saturated heterocycles. The number of ether oxygens (including phenoxy) is 4. The Hall–Kier alpha value is -4.01. The molecule has 2 aromatic carbocycles. The van der Waals surface area contributed by atoms with Crippen LogP contribution in [0.15, 0.2) is 53.3 Å². The lowest BCUT2D eigenvalue weighted by atomic mass is 10.1. The Morgan fingerprint density at radius 1 is 0.871 bits per heavy atom. The van der Waals surface area contributed by atoms with Crippen molar-refractivity contribution in [3.8, 4) is 34.3 Å². The Kier molecular flexibility index (Phi) is 6.76. The first-order valence-electron chi connectivity index (χ1n) is 9.31. The van der Waals surface area contributed by atoms with Gasteiger partial charge in [-0.2, -0.15) is 5.10 Å². The molecule has 0 fully saturated rings. The fourth-order valence-electron chi connectivity index (χ4n) is 2.97. The number of nitrogens with one attached hydrogen (secondary N) is 1. The summed E-state index contributed by atoms with van der Waals surface area (Å²) >= 11 is 0. The molecular weight excluding hydrogens is 402 g/mol. The molecule has 0 bridgehead atoms. The van der Waals surface area contributed by atoms with Gasteiger partial charge in [0.1, 0.15) is 18.0 Å². The number of methoxy groups -OCH3 is 4. The van der Waals surface area contributed by atoms with Crippen molar-refractivity contribution in [3.63, 3.8) is 0 Å². The van der Waals surface area contributed by atoms with Gasteiger partial charge in [0.15, 0.2) is 11.5 Å². The van der Waals surface area contributed by atoms with Crippen molar-refractivity contribution in [1.82, 2.24) is 9.78 Å². The van der Waals surface area contributed by atoms with Crippen LogP contribution < -0.4 is 29.8 Å². The molecule has 0 aliphatic rings. The number of aromatic nitrogens is 2. The van der Waals surface area contributed by atoms with Crippen LogP contribution in [0.5, 0.6) is 23.0 Å². The van der Waals surface area contributed by atoms with Gasteiger partial charge in [0.2, 0.25) is 5.91 Å². The van der Waals surface area contributed by atoms with Crippen molar-refractivity contribution >= 4 is 11.6 Å². The van der Waals surface area contributed by atoms with Crippen molar-refractivity contribution in [2.24, 2.45) is 0 Å². The maximum atomic E-state index is 12.5. The number of benzene rings is 2. The molecule has 0 atom stereocenters. The maximum absolute atomic E-state index is 12.5. The molecule has 31 heavy (non-hydrogen) atoms. The predicted octanol–water partition coefficient (Wildman–Crippen LogP) is 2.58. The van der Waals surface area contributed by atoms with Gasteiger partial charge >= 0.3 is 0 Å². The van der Waals surface area contributed by atoms with E-state index in [2.05, 4.69) is 10.4 Å². The molecule has 1 amide bonds. The van der Waals surface area contributed by atoms with Crippen LogP contribution in [0.25, 0.3) is 11.3 Å². The van der Waals surface area contributed by atoms with E-state index < -0.39 is 11.5 Å². The highest BCUT2D eigenvalue weighted by Gasteiger charge is 2.13. The third kappa shape index (κ3) is 4.95. The Labute approximate surface area is 179 Å². The molecule has 0 radical (unpaired) electrons. The number of nitrogens with zero attached hydrogens (tertiary/aromatic N) is 2.